The van der Waals surface area contributed by atoms with Gasteiger partial charge in [-0.15, -0.1) is 0 Å². The first-order valence-electron chi connectivity index (χ1n) is 10.8. The lowest BCUT2D eigenvalue weighted by Gasteiger charge is -2.28. The normalized spacial score (nSPS) is 14.5. The lowest BCUT2D eigenvalue weighted by Crippen LogP contribution is -2.36. The molecule has 1 saturated heterocycles. The molecule has 1 aromatic heterocycles. The number of hydrogen-bond acceptors (Lipinski definition) is 6. The number of anilines is 2. The van der Waals surface area contributed by atoms with Gasteiger partial charge in [-0.1, -0.05) is 56.9 Å². The predicted octanol–water partition coefficient (Wildman–Crippen LogP) is 4.58. The van der Waals surface area contributed by atoms with Gasteiger partial charge < -0.3 is 9.64 Å². The molecule has 2 heterocycles. The molecule has 0 amide bonds. The number of unbranched alkanes of at least 4 members (excludes halogenated alkanes) is 4. The Morgan fingerprint density at radius 1 is 1.07 bits per heavy atom. The van der Waals surface area contributed by atoms with Crippen LogP contribution in [0.5, 0.6) is 0 Å². The van der Waals surface area contributed by atoms with Crippen molar-refractivity contribution in [2.24, 2.45) is 5.10 Å². The van der Waals surface area contributed by atoms with Gasteiger partial charge in [0.2, 0.25) is 0 Å². The highest BCUT2D eigenvalue weighted by Crippen LogP contribution is 2.17. The van der Waals surface area contributed by atoms with Crippen LogP contribution in [0.3, 0.4) is 0 Å². The lowest BCUT2D eigenvalue weighted by molar-refractivity contribution is 0.122. The average molecular weight is 396 g/mol. The van der Waals surface area contributed by atoms with Crippen molar-refractivity contribution in [3.05, 3.63) is 47.3 Å². The van der Waals surface area contributed by atoms with Crippen LogP contribution in [-0.2, 0) is 11.2 Å². The Balaban J connectivity index is 1.51. The van der Waals surface area contributed by atoms with Crippen LogP contribution in [0.1, 0.15) is 56.0 Å². The van der Waals surface area contributed by atoms with Crippen LogP contribution in [0, 0.1) is 6.92 Å². The summed E-state index contributed by atoms with van der Waals surface area (Å²) in [5.41, 5.74) is 5.51. The van der Waals surface area contributed by atoms with Crippen LogP contribution in [0.25, 0.3) is 0 Å². The summed E-state index contributed by atoms with van der Waals surface area (Å²) in [6, 6.07) is 10.6. The predicted molar refractivity (Wildman–Crippen MR) is 120 cm³/mol. The van der Waals surface area contributed by atoms with Crippen molar-refractivity contribution in [1.29, 1.82) is 0 Å². The van der Waals surface area contributed by atoms with E-state index in [0.29, 0.717) is 5.82 Å². The van der Waals surface area contributed by atoms with E-state index in [1.807, 2.05) is 19.2 Å². The number of hydrazone groups is 1. The molecule has 2 aromatic rings. The Hall–Kier alpha value is -2.47. The molecule has 3 rings (SSSR count). The molecule has 0 atom stereocenters. The molecule has 0 spiro atoms. The largest absolute Gasteiger partial charge is 0.378 e. The van der Waals surface area contributed by atoms with Crippen LogP contribution in [-0.4, -0.2) is 42.5 Å². The van der Waals surface area contributed by atoms with Gasteiger partial charge in [0.05, 0.1) is 19.4 Å². The smallest absolute Gasteiger partial charge is 0.152 e. The SMILES string of the molecule is CCCCCCCc1ccc(C=NNc2cc(N3CCOCC3)nc(C)n2)cc1. The van der Waals surface area contributed by atoms with Crippen molar-refractivity contribution in [1.82, 2.24) is 9.97 Å². The average Bonchev–Trinajstić information content (AvgIpc) is 2.75. The van der Waals surface area contributed by atoms with E-state index < -0.39 is 0 Å². The Labute approximate surface area is 174 Å². The molecule has 0 saturated carbocycles. The van der Waals surface area contributed by atoms with E-state index in [1.54, 1.807) is 0 Å². The first-order valence-corrected chi connectivity index (χ1v) is 10.8. The topological polar surface area (TPSA) is 62.6 Å². The molecule has 156 valence electrons. The molecular weight excluding hydrogens is 362 g/mol. The second kappa shape index (κ2) is 11.5. The van der Waals surface area contributed by atoms with Gasteiger partial charge in [0.25, 0.3) is 0 Å². The van der Waals surface area contributed by atoms with E-state index in [-0.39, 0.29) is 0 Å². The van der Waals surface area contributed by atoms with Gasteiger partial charge in [-0.05, 0) is 30.9 Å². The van der Waals surface area contributed by atoms with Crippen molar-refractivity contribution >= 4 is 17.9 Å². The highest BCUT2D eigenvalue weighted by Gasteiger charge is 2.13. The minimum absolute atomic E-state index is 0.707. The molecule has 0 aliphatic carbocycles. The molecule has 0 unspecified atom stereocenters. The van der Waals surface area contributed by atoms with E-state index in [0.717, 1.165) is 49.9 Å². The van der Waals surface area contributed by atoms with Gasteiger partial charge in [-0.2, -0.15) is 5.10 Å². The molecule has 0 radical (unpaired) electrons. The summed E-state index contributed by atoms with van der Waals surface area (Å²) in [7, 11) is 0. The molecule has 29 heavy (non-hydrogen) atoms. The molecule has 6 heteroatoms. The van der Waals surface area contributed by atoms with Gasteiger partial charge in [0.15, 0.2) is 5.82 Å². The summed E-state index contributed by atoms with van der Waals surface area (Å²) in [6.45, 7) is 7.33. The van der Waals surface area contributed by atoms with Crippen molar-refractivity contribution in [3.63, 3.8) is 0 Å². The summed E-state index contributed by atoms with van der Waals surface area (Å²) < 4.78 is 5.42. The molecule has 1 aliphatic heterocycles. The van der Waals surface area contributed by atoms with Crippen LogP contribution < -0.4 is 10.3 Å². The highest BCUT2D eigenvalue weighted by molar-refractivity contribution is 5.80. The maximum absolute atomic E-state index is 5.42. The van der Waals surface area contributed by atoms with Gasteiger partial charge in [0.1, 0.15) is 11.6 Å². The standard InChI is InChI=1S/C23H33N5O/c1-3-4-5-6-7-8-20-9-11-21(12-10-20)18-24-27-22-17-23(26-19(2)25-22)28-13-15-29-16-14-28/h9-12,17-18H,3-8,13-16H2,1-2H3,(H,25,26,27). The van der Waals surface area contributed by atoms with Crippen molar-refractivity contribution in [2.75, 3.05) is 36.6 Å². The van der Waals surface area contributed by atoms with Gasteiger partial charge >= 0.3 is 0 Å². The third kappa shape index (κ3) is 7.13. The number of morpholine rings is 1. The zero-order valence-corrected chi connectivity index (χ0v) is 17.7. The Bertz CT molecular complexity index is 769. The zero-order chi connectivity index (χ0) is 20.3. The number of rotatable bonds is 10. The molecule has 1 fully saturated rings. The second-order valence-electron chi connectivity index (χ2n) is 7.53. The minimum atomic E-state index is 0.707. The summed E-state index contributed by atoms with van der Waals surface area (Å²) in [5.74, 6) is 2.36. The summed E-state index contributed by atoms with van der Waals surface area (Å²) in [4.78, 5) is 11.2. The number of benzene rings is 1. The first-order chi connectivity index (χ1) is 14.2. The Kier molecular flexibility index (Phi) is 8.43. The van der Waals surface area contributed by atoms with E-state index in [1.165, 1.54) is 37.7 Å². The Morgan fingerprint density at radius 2 is 1.83 bits per heavy atom. The maximum atomic E-state index is 5.42. The monoisotopic (exact) mass is 395 g/mol. The van der Waals surface area contributed by atoms with Crippen LogP contribution in [0.15, 0.2) is 35.4 Å². The van der Waals surface area contributed by atoms with Crippen molar-refractivity contribution < 1.29 is 4.74 Å². The molecule has 1 aliphatic rings. The van der Waals surface area contributed by atoms with Gasteiger partial charge in [-0.3, -0.25) is 5.43 Å². The third-order valence-corrected chi connectivity index (χ3v) is 5.10. The van der Waals surface area contributed by atoms with Gasteiger partial charge in [-0.25, -0.2) is 9.97 Å². The fraction of sp³-hybridized carbons (Fsp3) is 0.522. The molecular formula is C23H33N5O. The fourth-order valence-electron chi connectivity index (χ4n) is 3.44. The molecule has 6 nitrogen and oxygen atoms in total. The highest BCUT2D eigenvalue weighted by atomic mass is 16.5. The minimum Gasteiger partial charge on any atom is -0.378 e. The fourth-order valence-corrected chi connectivity index (χ4v) is 3.44. The summed E-state index contributed by atoms with van der Waals surface area (Å²) in [5, 5.41) is 4.36. The summed E-state index contributed by atoms with van der Waals surface area (Å²) in [6.07, 6.45) is 9.58. The number of nitrogens with one attached hydrogen (secondary N) is 1. The molecule has 0 bridgehead atoms. The maximum Gasteiger partial charge on any atom is 0.152 e. The van der Waals surface area contributed by atoms with E-state index in [9.17, 15) is 0 Å². The molecule has 1 aromatic carbocycles. The zero-order valence-electron chi connectivity index (χ0n) is 17.7. The molecule has 1 N–H and O–H groups in total. The first kappa shape index (κ1) is 21.2. The van der Waals surface area contributed by atoms with Crippen LogP contribution in [0.2, 0.25) is 0 Å². The second-order valence-corrected chi connectivity index (χ2v) is 7.53. The number of aryl methyl sites for hydroxylation is 2. The quantitative estimate of drug-likeness (QED) is 0.362. The number of ether oxygens (including phenoxy) is 1. The number of hydrogen-bond donors (Lipinski definition) is 1. The van der Waals surface area contributed by atoms with Crippen LogP contribution in [0.4, 0.5) is 11.6 Å². The Morgan fingerprint density at radius 3 is 2.59 bits per heavy atom. The van der Waals surface area contributed by atoms with Gasteiger partial charge in [0, 0.05) is 19.2 Å². The van der Waals surface area contributed by atoms with Crippen LogP contribution >= 0.6 is 0 Å². The summed E-state index contributed by atoms with van der Waals surface area (Å²) >= 11 is 0. The van der Waals surface area contributed by atoms with Crippen molar-refractivity contribution in [2.45, 2.75) is 52.4 Å². The van der Waals surface area contributed by atoms with E-state index in [2.05, 4.69) is 56.6 Å². The third-order valence-electron chi connectivity index (χ3n) is 5.10. The number of nitrogens with zero attached hydrogens (tertiary/aromatic N) is 4. The lowest BCUT2D eigenvalue weighted by atomic mass is 10.0. The van der Waals surface area contributed by atoms with Crippen molar-refractivity contribution in [3.8, 4) is 0 Å². The number of aromatic nitrogens is 2. The van der Waals surface area contributed by atoms with E-state index >= 15 is 0 Å². The van der Waals surface area contributed by atoms with E-state index in [4.69, 9.17) is 4.74 Å².